The minimum atomic E-state index is 0.220. The fourth-order valence-corrected chi connectivity index (χ4v) is 3.48. The van der Waals surface area contributed by atoms with E-state index in [9.17, 15) is 4.79 Å². The Bertz CT molecular complexity index is 868. The number of hydrogen-bond donors (Lipinski definition) is 0. The normalized spacial score (nSPS) is 14.4. The minimum absolute atomic E-state index is 0.220. The molecule has 1 aliphatic rings. The van der Waals surface area contributed by atoms with Crippen LogP contribution < -0.4 is 4.90 Å². The molecule has 0 saturated carbocycles. The molecule has 1 aromatic heterocycles. The van der Waals surface area contributed by atoms with Crippen molar-refractivity contribution in [3.63, 3.8) is 0 Å². The van der Waals surface area contributed by atoms with Crippen LogP contribution >= 0.6 is 0 Å². The average Bonchev–Trinajstić information content (AvgIpc) is 3.22. The lowest BCUT2D eigenvalue weighted by Crippen LogP contribution is -2.48. The molecule has 2 heterocycles. The maximum absolute atomic E-state index is 12.6. The Morgan fingerprint density at radius 2 is 1.56 bits per heavy atom. The van der Waals surface area contributed by atoms with Crippen molar-refractivity contribution in [2.75, 3.05) is 31.1 Å². The van der Waals surface area contributed by atoms with Crippen LogP contribution in [0.15, 0.2) is 73.2 Å². The topological polar surface area (TPSA) is 41.4 Å². The third kappa shape index (κ3) is 4.19. The monoisotopic (exact) mass is 360 g/mol. The fourth-order valence-electron chi connectivity index (χ4n) is 3.48. The molecule has 1 saturated heterocycles. The molecule has 3 aromatic rings. The van der Waals surface area contributed by atoms with Crippen molar-refractivity contribution in [1.29, 1.82) is 0 Å². The highest BCUT2D eigenvalue weighted by molar-refractivity contribution is 5.76. The van der Waals surface area contributed by atoms with Crippen molar-refractivity contribution < 1.29 is 4.79 Å². The first-order valence-electron chi connectivity index (χ1n) is 9.44. The molecule has 0 aliphatic carbocycles. The van der Waals surface area contributed by atoms with Gasteiger partial charge in [0.15, 0.2) is 0 Å². The van der Waals surface area contributed by atoms with Gasteiger partial charge < -0.3 is 14.4 Å². The molecule has 0 atom stereocenters. The van der Waals surface area contributed by atoms with Crippen LogP contribution in [0.5, 0.6) is 0 Å². The second-order valence-corrected chi connectivity index (χ2v) is 6.82. The number of carbonyl (C=O) groups excluding carboxylic acids is 1. The minimum Gasteiger partial charge on any atom is -0.368 e. The quantitative estimate of drug-likeness (QED) is 0.701. The van der Waals surface area contributed by atoms with Gasteiger partial charge in [-0.3, -0.25) is 4.79 Å². The van der Waals surface area contributed by atoms with E-state index in [0.717, 1.165) is 37.4 Å². The van der Waals surface area contributed by atoms with Gasteiger partial charge in [-0.2, -0.15) is 0 Å². The first-order valence-corrected chi connectivity index (χ1v) is 9.44. The molecule has 4 rings (SSSR count). The number of imidazole rings is 1. The van der Waals surface area contributed by atoms with Gasteiger partial charge >= 0.3 is 0 Å². The van der Waals surface area contributed by atoms with Crippen molar-refractivity contribution in [1.82, 2.24) is 14.5 Å². The van der Waals surface area contributed by atoms with Crippen molar-refractivity contribution in [3.8, 4) is 11.3 Å². The van der Waals surface area contributed by atoms with Crippen LogP contribution in [-0.2, 0) is 11.3 Å². The molecule has 1 amide bonds. The van der Waals surface area contributed by atoms with E-state index in [1.165, 1.54) is 5.69 Å². The molecule has 5 nitrogen and oxygen atoms in total. The van der Waals surface area contributed by atoms with Crippen molar-refractivity contribution in [2.24, 2.45) is 0 Å². The van der Waals surface area contributed by atoms with Crippen LogP contribution in [0.25, 0.3) is 11.3 Å². The zero-order valence-corrected chi connectivity index (χ0v) is 15.4. The molecule has 0 radical (unpaired) electrons. The number of rotatable bonds is 5. The van der Waals surface area contributed by atoms with Gasteiger partial charge in [-0.05, 0) is 12.1 Å². The van der Waals surface area contributed by atoms with Gasteiger partial charge in [0.2, 0.25) is 5.91 Å². The number of para-hydroxylation sites is 1. The molecule has 0 unspecified atom stereocenters. The highest BCUT2D eigenvalue weighted by Crippen LogP contribution is 2.17. The molecule has 1 fully saturated rings. The van der Waals surface area contributed by atoms with Crippen molar-refractivity contribution in [3.05, 3.63) is 73.2 Å². The van der Waals surface area contributed by atoms with Crippen LogP contribution in [0, 0.1) is 0 Å². The Kier molecular flexibility index (Phi) is 5.19. The third-order valence-electron chi connectivity index (χ3n) is 5.04. The lowest BCUT2D eigenvalue weighted by molar-refractivity contribution is -0.131. The molecule has 2 aromatic carbocycles. The van der Waals surface area contributed by atoms with Crippen LogP contribution in [-0.4, -0.2) is 46.5 Å². The summed E-state index contributed by atoms with van der Waals surface area (Å²) in [7, 11) is 0. The van der Waals surface area contributed by atoms with Gasteiger partial charge in [-0.1, -0.05) is 48.5 Å². The summed E-state index contributed by atoms with van der Waals surface area (Å²) in [6.45, 7) is 4.01. The van der Waals surface area contributed by atoms with Crippen LogP contribution in [0.1, 0.15) is 6.42 Å². The van der Waals surface area contributed by atoms with E-state index in [1.54, 1.807) is 0 Å². The van der Waals surface area contributed by atoms with E-state index < -0.39 is 0 Å². The molecule has 0 N–H and O–H groups in total. The Balaban J connectivity index is 1.27. The molecule has 138 valence electrons. The van der Waals surface area contributed by atoms with Crippen LogP contribution in [0.2, 0.25) is 0 Å². The van der Waals surface area contributed by atoms with E-state index in [-0.39, 0.29) is 5.91 Å². The largest absolute Gasteiger partial charge is 0.368 e. The van der Waals surface area contributed by atoms with Gasteiger partial charge in [0.1, 0.15) is 0 Å². The molecule has 0 bridgehead atoms. The van der Waals surface area contributed by atoms with Gasteiger partial charge in [0, 0.05) is 56.6 Å². The second-order valence-electron chi connectivity index (χ2n) is 6.82. The van der Waals surface area contributed by atoms with Crippen molar-refractivity contribution in [2.45, 2.75) is 13.0 Å². The first-order chi connectivity index (χ1) is 13.3. The number of piperazine rings is 1. The summed E-state index contributed by atoms with van der Waals surface area (Å²) >= 11 is 0. The maximum Gasteiger partial charge on any atom is 0.224 e. The Morgan fingerprint density at radius 3 is 2.26 bits per heavy atom. The Morgan fingerprint density at radius 1 is 0.889 bits per heavy atom. The SMILES string of the molecule is O=C(CCn1cnc(-c2ccccc2)c1)N1CCN(c2ccccc2)CC1. The number of benzene rings is 2. The summed E-state index contributed by atoms with van der Waals surface area (Å²) in [5, 5.41) is 0. The van der Waals surface area contributed by atoms with Crippen molar-refractivity contribution >= 4 is 11.6 Å². The predicted molar refractivity (Wildman–Crippen MR) is 108 cm³/mol. The molecule has 1 aliphatic heterocycles. The van der Waals surface area contributed by atoms with E-state index in [4.69, 9.17) is 0 Å². The van der Waals surface area contributed by atoms with E-state index in [0.29, 0.717) is 13.0 Å². The van der Waals surface area contributed by atoms with E-state index >= 15 is 0 Å². The zero-order chi connectivity index (χ0) is 18.5. The Labute approximate surface area is 159 Å². The molecule has 27 heavy (non-hydrogen) atoms. The summed E-state index contributed by atoms with van der Waals surface area (Å²) in [6.07, 6.45) is 4.33. The summed E-state index contributed by atoms with van der Waals surface area (Å²) < 4.78 is 2.00. The number of aromatic nitrogens is 2. The van der Waals surface area contributed by atoms with Gasteiger partial charge in [0.05, 0.1) is 12.0 Å². The molecule has 0 spiro atoms. The number of anilines is 1. The van der Waals surface area contributed by atoms with E-state index in [1.807, 2.05) is 58.4 Å². The summed E-state index contributed by atoms with van der Waals surface area (Å²) in [5.41, 5.74) is 3.27. The van der Waals surface area contributed by atoms with E-state index in [2.05, 4.69) is 34.1 Å². The standard InChI is InChI=1S/C22H24N4O/c27-22(26-15-13-25(14-16-26)20-9-5-2-6-10-20)11-12-24-17-21(23-18-24)19-7-3-1-4-8-19/h1-10,17-18H,11-16H2. The average molecular weight is 360 g/mol. The van der Waals surface area contributed by atoms with Crippen LogP contribution in [0.4, 0.5) is 5.69 Å². The lowest BCUT2D eigenvalue weighted by Gasteiger charge is -2.36. The molecular weight excluding hydrogens is 336 g/mol. The Hall–Kier alpha value is -3.08. The number of amides is 1. The number of carbonyl (C=O) groups is 1. The maximum atomic E-state index is 12.6. The lowest BCUT2D eigenvalue weighted by atomic mass is 10.2. The first kappa shape index (κ1) is 17.3. The highest BCUT2D eigenvalue weighted by Gasteiger charge is 2.21. The zero-order valence-electron chi connectivity index (χ0n) is 15.4. The summed E-state index contributed by atoms with van der Waals surface area (Å²) in [6, 6.07) is 20.5. The number of nitrogens with zero attached hydrogens (tertiary/aromatic N) is 4. The number of aryl methyl sites for hydroxylation is 1. The van der Waals surface area contributed by atoms with Gasteiger partial charge in [0.25, 0.3) is 0 Å². The third-order valence-corrected chi connectivity index (χ3v) is 5.04. The molecule has 5 heteroatoms. The summed E-state index contributed by atoms with van der Waals surface area (Å²) in [5.74, 6) is 0.220. The highest BCUT2D eigenvalue weighted by atomic mass is 16.2. The summed E-state index contributed by atoms with van der Waals surface area (Å²) in [4.78, 5) is 21.3. The van der Waals surface area contributed by atoms with Crippen LogP contribution in [0.3, 0.4) is 0 Å². The number of hydrogen-bond acceptors (Lipinski definition) is 3. The second kappa shape index (κ2) is 8.08. The fraction of sp³-hybridized carbons (Fsp3) is 0.273. The predicted octanol–water partition coefficient (Wildman–Crippen LogP) is 3.29. The van der Waals surface area contributed by atoms with Gasteiger partial charge in [-0.25, -0.2) is 4.98 Å². The smallest absolute Gasteiger partial charge is 0.224 e. The van der Waals surface area contributed by atoms with Gasteiger partial charge in [-0.15, -0.1) is 0 Å². The molecular formula is C22H24N4O.